The summed E-state index contributed by atoms with van der Waals surface area (Å²) >= 11 is 0. The predicted octanol–water partition coefficient (Wildman–Crippen LogP) is 1.84. The van der Waals surface area contributed by atoms with Crippen LogP contribution in [0.4, 0.5) is 0 Å². The third kappa shape index (κ3) is 3.35. The number of nitrogens with one attached hydrogen (secondary N) is 1. The molecule has 0 radical (unpaired) electrons. The molecule has 0 spiro atoms. The molecule has 1 aromatic carbocycles. The second-order valence-corrected chi connectivity index (χ2v) is 4.14. The smallest absolute Gasteiger partial charge is 0.176 e. The minimum absolute atomic E-state index is 0. The maximum atomic E-state index is 11.7. The summed E-state index contributed by atoms with van der Waals surface area (Å²) in [5.41, 5.74) is 0.419. The van der Waals surface area contributed by atoms with E-state index in [9.17, 15) is 9.90 Å². The number of carbonyl (C=O) groups is 1. The summed E-state index contributed by atoms with van der Waals surface area (Å²) in [5.74, 6) is -0.528. The van der Waals surface area contributed by atoms with Crippen LogP contribution in [0.25, 0.3) is 0 Å². The Morgan fingerprint density at radius 1 is 1.29 bits per heavy atom. The van der Waals surface area contributed by atoms with Crippen molar-refractivity contribution >= 4 is 18.2 Å². The van der Waals surface area contributed by atoms with E-state index in [1.54, 1.807) is 0 Å². The fraction of sp³-hybridized carbons (Fsp3) is 0.417. The predicted molar refractivity (Wildman–Crippen MR) is 67.0 cm³/mol. The van der Waals surface area contributed by atoms with Crippen LogP contribution in [0, 0.1) is 0 Å². The van der Waals surface area contributed by atoms with Crippen LogP contribution in [0.2, 0.25) is 0 Å². The van der Waals surface area contributed by atoms with Gasteiger partial charge in [0.2, 0.25) is 0 Å². The van der Waals surface area contributed by atoms with Crippen LogP contribution in [0.3, 0.4) is 0 Å². The first-order chi connectivity index (χ1) is 7.66. The Labute approximate surface area is 106 Å². The summed E-state index contributed by atoms with van der Waals surface area (Å²) in [5, 5.41) is 21.5. The lowest BCUT2D eigenvalue weighted by Crippen LogP contribution is -2.38. The van der Waals surface area contributed by atoms with Gasteiger partial charge < -0.3 is 15.5 Å². The maximum absolute atomic E-state index is 11.7. The standard InChI is InChI=1S/C12H15NO3.ClH/c14-10-5-4-8(6-11(10)15)12(16)7-13-9-2-1-3-9;/h4-6,9,13-15H,1-3,7H2;1H. The van der Waals surface area contributed by atoms with E-state index < -0.39 is 0 Å². The van der Waals surface area contributed by atoms with E-state index in [4.69, 9.17) is 5.11 Å². The Morgan fingerprint density at radius 2 is 2.00 bits per heavy atom. The molecule has 0 heterocycles. The van der Waals surface area contributed by atoms with Crippen molar-refractivity contribution in [3.63, 3.8) is 0 Å². The Bertz CT molecular complexity index is 405. The number of ketones is 1. The number of hydrogen-bond donors (Lipinski definition) is 3. The first-order valence-corrected chi connectivity index (χ1v) is 5.45. The molecular formula is C12H16ClNO3. The Hall–Kier alpha value is -1.26. The number of phenolic OH excluding ortho intramolecular Hbond substituents is 2. The van der Waals surface area contributed by atoms with Gasteiger partial charge in [0, 0.05) is 11.6 Å². The third-order valence-electron chi connectivity index (χ3n) is 2.95. The fourth-order valence-corrected chi connectivity index (χ4v) is 1.65. The van der Waals surface area contributed by atoms with E-state index in [0.29, 0.717) is 11.6 Å². The zero-order chi connectivity index (χ0) is 11.5. The van der Waals surface area contributed by atoms with Crippen LogP contribution in [0.5, 0.6) is 11.5 Å². The lowest BCUT2D eigenvalue weighted by Gasteiger charge is -2.26. The van der Waals surface area contributed by atoms with E-state index in [0.717, 1.165) is 12.8 Å². The topological polar surface area (TPSA) is 69.6 Å². The van der Waals surface area contributed by atoms with Gasteiger partial charge in [0.15, 0.2) is 17.3 Å². The molecule has 0 atom stereocenters. The van der Waals surface area contributed by atoms with Crippen LogP contribution in [0.1, 0.15) is 29.6 Å². The number of carbonyl (C=O) groups excluding carboxylic acids is 1. The van der Waals surface area contributed by atoms with E-state index in [-0.39, 0.29) is 36.2 Å². The van der Waals surface area contributed by atoms with Crippen LogP contribution in [-0.4, -0.2) is 28.6 Å². The highest BCUT2D eigenvalue weighted by Crippen LogP contribution is 2.25. The summed E-state index contributed by atoms with van der Waals surface area (Å²) in [7, 11) is 0. The molecule has 1 aromatic rings. The number of benzene rings is 1. The van der Waals surface area contributed by atoms with Crippen molar-refractivity contribution in [1.82, 2.24) is 5.32 Å². The average molecular weight is 258 g/mol. The molecule has 0 bridgehead atoms. The van der Waals surface area contributed by atoms with E-state index in [2.05, 4.69) is 5.32 Å². The van der Waals surface area contributed by atoms with Crippen LogP contribution in [-0.2, 0) is 0 Å². The minimum atomic E-state index is -0.255. The Morgan fingerprint density at radius 3 is 2.53 bits per heavy atom. The van der Waals surface area contributed by atoms with Gasteiger partial charge in [0.1, 0.15) is 0 Å². The fourth-order valence-electron chi connectivity index (χ4n) is 1.65. The van der Waals surface area contributed by atoms with Gasteiger partial charge in [-0.1, -0.05) is 6.42 Å². The zero-order valence-electron chi connectivity index (χ0n) is 9.35. The monoisotopic (exact) mass is 257 g/mol. The van der Waals surface area contributed by atoms with Gasteiger partial charge in [-0.3, -0.25) is 4.79 Å². The highest BCUT2D eigenvalue weighted by molar-refractivity contribution is 5.98. The van der Waals surface area contributed by atoms with Crippen molar-refractivity contribution in [2.24, 2.45) is 0 Å². The quantitative estimate of drug-likeness (QED) is 0.569. The van der Waals surface area contributed by atoms with Crippen molar-refractivity contribution in [3.8, 4) is 11.5 Å². The van der Waals surface area contributed by atoms with Crippen molar-refractivity contribution in [2.75, 3.05) is 6.54 Å². The third-order valence-corrected chi connectivity index (χ3v) is 2.95. The molecule has 94 valence electrons. The van der Waals surface area contributed by atoms with E-state index in [1.165, 1.54) is 24.6 Å². The molecule has 0 aliphatic heterocycles. The maximum Gasteiger partial charge on any atom is 0.176 e. The molecular weight excluding hydrogens is 242 g/mol. The van der Waals surface area contributed by atoms with Crippen molar-refractivity contribution in [1.29, 1.82) is 0 Å². The van der Waals surface area contributed by atoms with Gasteiger partial charge in [0.25, 0.3) is 0 Å². The summed E-state index contributed by atoms with van der Waals surface area (Å²) in [6, 6.07) is 4.60. The zero-order valence-corrected chi connectivity index (χ0v) is 10.2. The summed E-state index contributed by atoms with van der Waals surface area (Å²) in [4.78, 5) is 11.7. The van der Waals surface area contributed by atoms with Crippen LogP contribution < -0.4 is 5.32 Å². The number of hydrogen-bond acceptors (Lipinski definition) is 4. The second kappa shape index (κ2) is 5.89. The SMILES string of the molecule is Cl.O=C(CNC1CCC1)c1ccc(O)c(O)c1. The number of halogens is 1. The van der Waals surface area contributed by atoms with Gasteiger partial charge in [-0.15, -0.1) is 12.4 Å². The van der Waals surface area contributed by atoms with Gasteiger partial charge in [-0.05, 0) is 31.0 Å². The molecule has 0 aromatic heterocycles. The van der Waals surface area contributed by atoms with E-state index in [1.807, 2.05) is 0 Å². The molecule has 1 aliphatic rings. The van der Waals surface area contributed by atoms with Crippen LogP contribution >= 0.6 is 12.4 Å². The Balaban J connectivity index is 0.00000144. The molecule has 0 unspecified atom stereocenters. The lowest BCUT2D eigenvalue weighted by atomic mass is 9.93. The van der Waals surface area contributed by atoms with Crippen molar-refractivity contribution < 1.29 is 15.0 Å². The molecule has 2 rings (SSSR count). The number of rotatable bonds is 4. The largest absolute Gasteiger partial charge is 0.504 e. The summed E-state index contributed by atoms with van der Waals surface area (Å²) < 4.78 is 0. The molecule has 5 heteroatoms. The van der Waals surface area contributed by atoms with Crippen molar-refractivity contribution in [3.05, 3.63) is 23.8 Å². The van der Waals surface area contributed by atoms with Crippen molar-refractivity contribution in [2.45, 2.75) is 25.3 Å². The molecule has 0 saturated heterocycles. The van der Waals surface area contributed by atoms with Crippen LogP contribution in [0.15, 0.2) is 18.2 Å². The average Bonchev–Trinajstić information content (AvgIpc) is 2.19. The van der Waals surface area contributed by atoms with Gasteiger partial charge in [-0.2, -0.15) is 0 Å². The van der Waals surface area contributed by atoms with E-state index >= 15 is 0 Å². The molecule has 1 aliphatic carbocycles. The lowest BCUT2D eigenvalue weighted by molar-refractivity contribution is 0.0981. The van der Waals surface area contributed by atoms with Gasteiger partial charge in [-0.25, -0.2) is 0 Å². The highest BCUT2D eigenvalue weighted by Gasteiger charge is 2.18. The molecule has 4 nitrogen and oxygen atoms in total. The molecule has 1 fully saturated rings. The minimum Gasteiger partial charge on any atom is -0.504 e. The number of Topliss-reactive ketones (excluding diaryl/α,β-unsaturated/α-hetero) is 1. The molecule has 0 amide bonds. The summed E-state index contributed by atoms with van der Waals surface area (Å²) in [6.45, 7) is 0.287. The van der Waals surface area contributed by atoms with Gasteiger partial charge >= 0.3 is 0 Å². The second-order valence-electron chi connectivity index (χ2n) is 4.14. The summed E-state index contributed by atoms with van der Waals surface area (Å²) in [6.07, 6.45) is 3.49. The number of phenols is 2. The Kier molecular flexibility index (Phi) is 4.78. The molecule has 1 saturated carbocycles. The number of aromatic hydroxyl groups is 2. The first-order valence-electron chi connectivity index (χ1n) is 5.45. The highest BCUT2D eigenvalue weighted by atomic mass is 35.5. The molecule has 17 heavy (non-hydrogen) atoms. The first kappa shape index (κ1) is 13.8. The molecule has 3 N–H and O–H groups in total. The normalized spacial score (nSPS) is 14.8. The van der Waals surface area contributed by atoms with Gasteiger partial charge in [0.05, 0.1) is 6.54 Å².